The minimum atomic E-state index is -0.160. The molecule has 116 valence electrons. The molecule has 1 aromatic carbocycles. The second-order valence-electron chi connectivity index (χ2n) is 5.18. The fraction of sp³-hybridized carbons (Fsp3) is 0.400. The van der Waals surface area contributed by atoms with Crippen molar-refractivity contribution < 1.29 is 14.1 Å². The normalized spacial score (nSPS) is 17.8. The molecule has 1 aliphatic rings. The predicted molar refractivity (Wildman–Crippen MR) is 82.7 cm³/mol. The molecule has 2 aromatic rings. The Kier molecular flexibility index (Phi) is 4.15. The van der Waals surface area contributed by atoms with Crippen molar-refractivity contribution in [2.75, 3.05) is 13.7 Å². The molecular weight excluding hydrogens is 350 g/mol. The molecule has 1 atom stereocenters. The van der Waals surface area contributed by atoms with Crippen LogP contribution in [0.5, 0.6) is 5.75 Å². The highest BCUT2D eigenvalue weighted by molar-refractivity contribution is 9.10. The number of hydrogen-bond donors (Lipinski definition) is 0. The van der Waals surface area contributed by atoms with Crippen LogP contribution in [0.25, 0.3) is 0 Å². The maximum atomic E-state index is 12.9. The predicted octanol–water partition coefficient (Wildman–Crippen LogP) is 3.13. The Bertz CT molecular complexity index is 701. The van der Waals surface area contributed by atoms with Gasteiger partial charge in [-0.2, -0.15) is 4.98 Å². The van der Waals surface area contributed by atoms with Gasteiger partial charge in [-0.1, -0.05) is 5.16 Å². The van der Waals surface area contributed by atoms with Crippen LogP contribution in [-0.4, -0.2) is 34.6 Å². The van der Waals surface area contributed by atoms with E-state index in [9.17, 15) is 4.79 Å². The van der Waals surface area contributed by atoms with E-state index in [0.29, 0.717) is 29.6 Å². The van der Waals surface area contributed by atoms with Gasteiger partial charge >= 0.3 is 0 Å². The molecule has 22 heavy (non-hydrogen) atoms. The molecule has 0 aliphatic carbocycles. The quantitative estimate of drug-likeness (QED) is 0.835. The second-order valence-corrected chi connectivity index (χ2v) is 6.04. The maximum absolute atomic E-state index is 12.9. The van der Waals surface area contributed by atoms with Gasteiger partial charge in [0.2, 0.25) is 5.89 Å². The molecule has 1 fully saturated rings. The van der Waals surface area contributed by atoms with Crippen molar-refractivity contribution in [1.29, 1.82) is 0 Å². The minimum Gasteiger partial charge on any atom is -0.497 e. The van der Waals surface area contributed by atoms with E-state index in [1.807, 2.05) is 12.1 Å². The van der Waals surface area contributed by atoms with E-state index in [4.69, 9.17) is 9.26 Å². The molecular formula is C15H16BrN3O3. The molecule has 1 aliphatic heterocycles. The molecule has 2 heterocycles. The fourth-order valence-corrected chi connectivity index (χ4v) is 3.08. The van der Waals surface area contributed by atoms with Crippen molar-refractivity contribution in [2.24, 2.45) is 0 Å². The first kappa shape index (κ1) is 15.0. The smallest absolute Gasteiger partial charge is 0.255 e. The van der Waals surface area contributed by atoms with Crippen LogP contribution in [0.15, 0.2) is 27.2 Å². The third-order valence-corrected chi connectivity index (χ3v) is 4.44. The molecule has 1 saturated heterocycles. The summed E-state index contributed by atoms with van der Waals surface area (Å²) in [5.74, 6) is 1.67. The molecule has 0 bridgehead atoms. The first-order chi connectivity index (χ1) is 10.6. The number of carbonyl (C=O) groups excluding carboxylic acids is 1. The average Bonchev–Trinajstić information content (AvgIpc) is 3.15. The molecule has 3 rings (SSSR count). The van der Waals surface area contributed by atoms with Gasteiger partial charge in [-0.15, -0.1) is 0 Å². The summed E-state index contributed by atoms with van der Waals surface area (Å²) in [6.45, 7) is 2.45. The number of aromatic nitrogens is 2. The lowest BCUT2D eigenvalue weighted by Crippen LogP contribution is -2.31. The highest BCUT2D eigenvalue weighted by Crippen LogP contribution is 2.34. The van der Waals surface area contributed by atoms with Gasteiger partial charge in [-0.25, -0.2) is 0 Å². The van der Waals surface area contributed by atoms with Crippen molar-refractivity contribution >= 4 is 21.8 Å². The zero-order valence-electron chi connectivity index (χ0n) is 12.4. The summed E-state index contributed by atoms with van der Waals surface area (Å²) < 4.78 is 11.2. The summed E-state index contributed by atoms with van der Waals surface area (Å²) in [5, 5.41) is 3.82. The second kappa shape index (κ2) is 6.08. The molecule has 7 heteroatoms. The highest BCUT2D eigenvalue weighted by atomic mass is 79.9. The Morgan fingerprint density at radius 3 is 3.00 bits per heavy atom. The minimum absolute atomic E-state index is 0.0656. The number of carbonyl (C=O) groups is 1. The summed E-state index contributed by atoms with van der Waals surface area (Å²) in [7, 11) is 1.58. The summed E-state index contributed by atoms with van der Waals surface area (Å²) in [4.78, 5) is 18.9. The standard InChI is InChI=1S/C15H16BrN3O3/c1-9-17-14(22-18-9)13-4-3-7-19(13)15(20)11-8-10(21-2)5-6-12(11)16/h5-6,8,13H,3-4,7H2,1-2H3. The number of ether oxygens (including phenoxy) is 1. The van der Waals surface area contributed by atoms with E-state index in [1.165, 1.54) is 0 Å². The van der Waals surface area contributed by atoms with Crippen LogP contribution in [0, 0.1) is 6.92 Å². The van der Waals surface area contributed by atoms with Gasteiger partial charge in [-0.05, 0) is 53.9 Å². The van der Waals surface area contributed by atoms with Crippen LogP contribution >= 0.6 is 15.9 Å². The molecule has 1 aromatic heterocycles. The molecule has 0 radical (unpaired) electrons. The number of aryl methyl sites for hydroxylation is 1. The lowest BCUT2D eigenvalue weighted by atomic mass is 10.1. The summed E-state index contributed by atoms with van der Waals surface area (Å²) in [5.41, 5.74) is 0.572. The Hall–Kier alpha value is -1.89. The maximum Gasteiger partial charge on any atom is 0.255 e. The topological polar surface area (TPSA) is 68.5 Å². The summed E-state index contributed by atoms with van der Waals surface area (Å²) in [6.07, 6.45) is 1.74. The van der Waals surface area contributed by atoms with E-state index >= 15 is 0 Å². The fourth-order valence-electron chi connectivity index (χ4n) is 2.66. The third kappa shape index (κ3) is 2.72. The van der Waals surface area contributed by atoms with Crippen molar-refractivity contribution in [2.45, 2.75) is 25.8 Å². The molecule has 6 nitrogen and oxygen atoms in total. The third-order valence-electron chi connectivity index (χ3n) is 3.75. The van der Waals surface area contributed by atoms with Crippen LogP contribution in [0.1, 0.15) is 41.0 Å². The highest BCUT2D eigenvalue weighted by Gasteiger charge is 2.35. The molecule has 1 unspecified atom stereocenters. The van der Waals surface area contributed by atoms with Crippen LogP contribution in [-0.2, 0) is 0 Å². The lowest BCUT2D eigenvalue weighted by molar-refractivity contribution is 0.0709. The van der Waals surface area contributed by atoms with Crippen molar-refractivity contribution in [3.05, 3.63) is 40.0 Å². The van der Waals surface area contributed by atoms with Crippen molar-refractivity contribution in [3.8, 4) is 5.75 Å². The van der Waals surface area contributed by atoms with Crippen LogP contribution < -0.4 is 4.74 Å². The lowest BCUT2D eigenvalue weighted by Gasteiger charge is -2.22. The van der Waals surface area contributed by atoms with Crippen LogP contribution in [0.4, 0.5) is 0 Å². The van der Waals surface area contributed by atoms with Crippen molar-refractivity contribution in [3.63, 3.8) is 0 Å². The number of hydrogen-bond acceptors (Lipinski definition) is 5. The first-order valence-corrected chi connectivity index (χ1v) is 7.84. The Morgan fingerprint density at radius 1 is 1.50 bits per heavy atom. The van der Waals surface area contributed by atoms with Gasteiger partial charge in [0.05, 0.1) is 12.7 Å². The summed E-state index contributed by atoms with van der Waals surface area (Å²) >= 11 is 3.43. The van der Waals surface area contributed by atoms with E-state index in [-0.39, 0.29) is 11.9 Å². The largest absolute Gasteiger partial charge is 0.497 e. The Balaban J connectivity index is 1.91. The number of rotatable bonds is 3. The number of likely N-dealkylation sites (tertiary alicyclic amines) is 1. The summed E-state index contributed by atoms with van der Waals surface area (Å²) in [6, 6.07) is 5.20. The average molecular weight is 366 g/mol. The van der Waals surface area contributed by atoms with Crippen LogP contribution in [0.2, 0.25) is 0 Å². The SMILES string of the molecule is COc1ccc(Br)c(C(=O)N2CCCC2c2nc(C)no2)c1. The van der Waals surface area contributed by atoms with Gasteiger partial charge in [-0.3, -0.25) is 4.79 Å². The monoisotopic (exact) mass is 365 g/mol. The molecule has 0 spiro atoms. The number of amides is 1. The number of methoxy groups -OCH3 is 1. The van der Waals surface area contributed by atoms with Gasteiger partial charge in [0.25, 0.3) is 5.91 Å². The van der Waals surface area contributed by atoms with Gasteiger partial charge in [0, 0.05) is 11.0 Å². The molecule has 0 N–H and O–H groups in total. The zero-order valence-corrected chi connectivity index (χ0v) is 14.0. The molecule has 1 amide bonds. The van der Waals surface area contributed by atoms with Crippen molar-refractivity contribution in [1.82, 2.24) is 15.0 Å². The zero-order chi connectivity index (χ0) is 15.7. The van der Waals surface area contributed by atoms with Gasteiger partial charge < -0.3 is 14.2 Å². The Labute approximate surface area is 136 Å². The number of benzene rings is 1. The number of nitrogens with zero attached hydrogens (tertiary/aromatic N) is 3. The van der Waals surface area contributed by atoms with E-state index < -0.39 is 0 Å². The number of halogens is 1. The van der Waals surface area contributed by atoms with Gasteiger partial charge in [0.1, 0.15) is 11.8 Å². The van der Waals surface area contributed by atoms with E-state index in [2.05, 4.69) is 26.1 Å². The van der Waals surface area contributed by atoms with E-state index in [1.54, 1.807) is 25.0 Å². The first-order valence-electron chi connectivity index (χ1n) is 7.05. The Morgan fingerprint density at radius 2 is 2.32 bits per heavy atom. The van der Waals surface area contributed by atoms with E-state index in [0.717, 1.165) is 17.3 Å². The van der Waals surface area contributed by atoms with Crippen LogP contribution in [0.3, 0.4) is 0 Å². The molecule has 0 saturated carbocycles. The van der Waals surface area contributed by atoms with Gasteiger partial charge in [0.15, 0.2) is 5.82 Å².